The van der Waals surface area contributed by atoms with Crippen molar-refractivity contribution in [3.05, 3.63) is 115 Å². The molecule has 4 aromatic rings. The first-order valence-corrected chi connectivity index (χ1v) is 47.8. The third-order valence-electron chi connectivity index (χ3n) is 24.3. The van der Waals surface area contributed by atoms with E-state index in [-0.39, 0.29) is 82.5 Å². The Labute approximate surface area is 725 Å². The molecule has 120 heavy (non-hydrogen) atoms. The van der Waals surface area contributed by atoms with Crippen molar-refractivity contribution in [3.63, 3.8) is 0 Å². The van der Waals surface area contributed by atoms with Gasteiger partial charge in [0.05, 0.1) is 47.4 Å². The average Bonchev–Trinajstić information content (AvgIpc) is 0.847. The van der Waals surface area contributed by atoms with Crippen molar-refractivity contribution in [2.75, 3.05) is 0 Å². The maximum Gasteiger partial charge on any atom is 0.153 e. The second-order valence-corrected chi connectivity index (χ2v) is 35.1. The van der Waals surface area contributed by atoms with Gasteiger partial charge in [-0.2, -0.15) is 0 Å². The predicted molar refractivity (Wildman–Crippen MR) is 507 cm³/mol. The Morgan fingerprint density at radius 2 is 0.517 bits per heavy atom. The van der Waals surface area contributed by atoms with Crippen molar-refractivity contribution >= 4 is 49.9 Å². The lowest BCUT2D eigenvalue weighted by atomic mass is 9.91. The zero-order valence-corrected chi connectivity index (χ0v) is 74.6. The van der Waals surface area contributed by atoms with Crippen LogP contribution in [0.2, 0.25) is 0 Å². The van der Waals surface area contributed by atoms with E-state index in [0.29, 0.717) is 51.5 Å². The van der Waals surface area contributed by atoms with E-state index in [1.165, 1.54) is 205 Å². The number of fused-ring (bicyclic) bond motifs is 9. The summed E-state index contributed by atoms with van der Waals surface area (Å²) in [6.45, 7) is 11.3. The van der Waals surface area contributed by atoms with Gasteiger partial charge in [-0.25, -0.2) is 0 Å². The lowest BCUT2D eigenvalue weighted by molar-refractivity contribution is 0.111. The minimum Gasteiger partial charge on any atom is -0.507 e. The zero-order chi connectivity index (χ0) is 85.4. The van der Waals surface area contributed by atoms with E-state index in [1.807, 2.05) is 73.7 Å². The number of phenolic OH excluding ortho intramolecular Hbond substituents is 4. The zero-order valence-electron chi connectivity index (χ0n) is 74.6. The van der Waals surface area contributed by atoms with Crippen molar-refractivity contribution < 1.29 is 30.0 Å². The Morgan fingerprint density at radius 3 is 0.733 bits per heavy atom. The number of aromatic hydroxyl groups is 4. The predicted octanol–water partition coefficient (Wildman–Crippen LogP) is 25.1. The standard InChI is InChI=1S/C78H108N6O3.C22H30O3.C6H14N2/c1-4-7-10-13-16-19-22-25-28-31-40-61-49-64-55-79-70-43-34-36-45-72(70)81-57-66-51-62(41-32-29-26-23-20-17-14-11-8-5-2)53-68(77(66)86)59-83-74-47-38-39-48-75(74)84-60-69-54-63(42-33-30-27-24-21-18-15-12-9-6-3)52-67(78(69)87)58-82-73-46-37-35-44-71(73)80-56-65(50-61)76(64)85;1-18(2)12-10-8-6-4-3-5-7-9-11-13-19-14-20(16-23)22(25)21(15-19)17-24;7-5-3-1-2-4-6(5)8/h49-60,70-75,85-87H,4-30,34-39,43-48H2,1-3H3;14-18,25H,3-10,12H2,1-2H3;5-6H,1-4,7-8H2. The number of carbonyl (C=O) groups is 2. The summed E-state index contributed by atoms with van der Waals surface area (Å²) >= 11 is 0. The number of aliphatic imine (C=N–C) groups is 6. The fourth-order valence-corrected chi connectivity index (χ4v) is 16.7. The first-order valence-electron chi connectivity index (χ1n) is 47.8. The van der Waals surface area contributed by atoms with Crippen LogP contribution in [0.4, 0.5) is 0 Å². The summed E-state index contributed by atoms with van der Waals surface area (Å²) in [7, 11) is 0. The molecular weight excluding hydrogens is 1480 g/mol. The Morgan fingerprint density at radius 1 is 0.308 bits per heavy atom. The van der Waals surface area contributed by atoms with Crippen LogP contribution >= 0.6 is 0 Å². The van der Waals surface area contributed by atoms with Crippen molar-refractivity contribution in [1.29, 1.82) is 0 Å². The lowest BCUT2D eigenvalue weighted by Gasteiger charge is -2.26. The number of phenols is 4. The number of nitrogens with two attached hydrogens (primary N) is 2. The minimum absolute atomic E-state index is 0.103. The van der Waals surface area contributed by atoms with Crippen LogP contribution < -0.4 is 11.5 Å². The number of nitrogens with zero attached hydrogens (tertiary/aromatic N) is 6. The summed E-state index contributed by atoms with van der Waals surface area (Å²) in [4.78, 5) is 53.0. The molecule has 8 atom stereocenters. The van der Waals surface area contributed by atoms with Crippen LogP contribution in [0.3, 0.4) is 0 Å². The smallest absolute Gasteiger partial charge is 0.153 e. The molecule has 8 unspecified atom stereocenters. The van der Waals surface area contributed by atoms with E-state index in [0.717, 1.165) is 164 Å². The molecule has 6 bridgehead atoms. The van der Waals surface area contributed by atoms with E-state index in [9.17, 15) is 30.0 Å². The third-order valence-corrected chi connectivity index (χ3v) is 24.3. The molecule has 4 aromatic carbocycles. The molecular formula is C106H152N8O6. The monoisotopic (exact) mass is 1630 g/mol. The Balaban J connectivity index is 0.000000497. The van der Waals surface area contributed by atoms with Crippen molar-refractivity contribution in [2.24, 2.45) is 47.3 Å². The van der Waals surface area contributed by atoms with Gasteiger partial charge in [-0.15, -0.1) is 0 Å². The van der Waals surface area contributed by atoms with E-state index < -0.39 is 0 Å². The SMILES string of the molecule is CC(C)CCCCCCCCCC#Cc1cc(C=O)c(O)c(C=O)c1.CCCCCCCCCCC#Cc1cc2c(O)c(c1)C=NC1CCCCC1N=Cc1cc(C#CCCCCCCCCCC)cc(c1O)C=NC1CCCCC1N=Cc1cc(C#CCCCCCCCCCC)cc(c1O)C=NC1CCCCC1N=C2.NC1CCCCC1N. The van der Waals surface area contributed by atoms with Gasteiger partial charge in [0.2, 0.25) is 0 Å². The fourth-order valence-electron chi connectivity index (χ4n) is 16.7. The molecule has 0 spiro atoms. The molecule has 0 saturated heterocycles. The van der Waals surface area contributed by atoms with Crippen LogP contribution in [0.25, 0.3) is 0 Å². The highest BCUT2D eigenvalue weighted by Gasteiger charge is 2.28. The number of carbonyl (C=O) groups excluding carboxylic acids is 2. The Hall–Kier alpha value is -8.40. The molecule has 1 aliphatic heterocycles. The first-order chi connectivity index (χ1) is 58.7. The number of rotatable bonds is 35. The topological polar surface area (TPSA) is 241 Å². The summed E-state index contributed by atoms with van der Waals surface area (Å²) < 4.78 is 0. The summed E-state index contributed by atoms with van der Waals surface area (Å²) in [5.41, 5.74) is 18.2. The average molecular weight is 1630 g/mol. The maximum atomic E-state index is 12.1. The number of aldehydes is 2. The maximum absolute atomic E-state index is 12.1. The summed E-state index contributed by atoms with van der Waals surface area (Å²) in [5.74, 6) is 27.7. The first kappa shape index (κ1) is 98.7. The Kier molecular flexibility index (Phi) is 49.5. The lowest BCUT2D eigenvalue weighted by Crippen LogP contribution is -2.43. The number of hydrogen-bond donors (Lipinski definition) is 6. The molecule has 4 saturated carbocycles. The molecule has 0 amide bonds. The normalized spacial score (nSPS) is 19.4. The molecule has 9 rings (SSSR count). The largest absolute Gasteiger partial charge is 0.507 e. The van der Waals surface area contributed by atoms with Crippen LogP contribution in [0.1, 0.15) is 445 Å². The van der Waals surface area contributed by atoms with Gasteiger partial charge in [0, 0.05) is 131 Å². The van der Waals surface area contributed by atoms with Crippen LogP contribution in [-0.4, -0.2) is 119 Å². The molecule has 4 aliphatic carbocycles. The molecule has 652 valence electrons. The number of hydrogen-bond acceptors (Lipinski definition) is 14. The second-order valence-electron chi connectivity index (χ2n) is 35.1. The number of unbranched alkanes of at least 4 members (excludes halogenated alkanes) is 31. The van der Waals surface area contributed by atoms with E-state index >= 15 is 0 Å². The van der Waals surface area contributed by atoms with Gasteiger partial charge >= 0.3 is 0 Å². The fraction of sp³-hybridized carbons (Fsp3) is 0.623. The quantitative estimate of drug-likeness (QED) is 0.0147. The van der Waals surface area contributed by atoms with Crippen molar-refractivity contribution in [3.8, 4) is 70.4 Å². The highest BCUT2D eigenvalue weighted by molar-refractivity contribution is 5.95. The second kappa shape index (κ2) is 60.2. The molecule has 0 aromatic heterocycles. The van der Waals surface area contributed by atoms with Crippen LogP contribution in [0.5, 0.6) is 23.0 Å². The molecule has 1 heterocycles. The Bertz CT molecular complexity index is 3640. The van der Waals surface area contributed by atoms with Gasteiger partial charge in [-0.1, -0.05) is 313 Å². The van der Waals surface area contributed by atoms with Crippen LogP contribution in [-0.2, 0) is 0 Å². The highest BCUT2D eigenvalue weighted by Crippen LogP contribution is 2.33. The minimum atomic E-state index is -0.274. The number of benzene rings is 4. The van der Waals surface area contributed by atoms with Crippen molar-refractivity contribution in [1.82, 2.24) is 0 Å². The van der Waals surface area contributed by atoms with E-state index in [1.54, 1.807) is 0 Å². The summed E-state index contributed by atoms with van der Waals surface area (Å²) in [6.07, 6.45) is 71.8. The molecule has 14 nitrogen and oxygen atoms in total. The van der Waals surface area contributed by atoms with E-state index in [4.69, 9.17) is 41.4 Å². The van der Waals surface area contributed by atoms with Gasteiger partial charge in [-0.05, 0) is 131 Å². The highest BCUT2D eigenvalue weighted by atomic mass is 16.3. The van der Waals surface area contributed by atoms with Gasteiger partial charge in [0.1, 0.15) is 23.0 Å². The van der Waals surface area contributed by atoms with Crippen LogP contribution in [0, 0.1) is 53.3 Å². The van der Waals surface area contributed by atoms with Gasteiger partial charge < -0.3 is 31.9 Å². The van der Waals surface area contributed by atoms with Gasteiger partial charge in [-0.3, -0.25) is 39.5 Å². The third kappa shape index (κ3) is 38.3. The molecule has 5 aliphatic rings. The molecule has 4 fully saturated rings. The summed E-state index contributed by atoms with van der Waals surface area (Å²) in [5, 5.41) is 46.0. The van der Waals surface area contributed by atoms with E-state index in [2.05, 4.69) is 82.0 Å². The van der Waals surface area contributed by atoms with Gasteiger partial charge in [0.15, 0.2) is 12.6 Å². The molecule has 8 N–H and O–H groups in total. The van der Waals surface area contributed by atoms with Gasteiger partial charge in [0.25, 0.3) is 0 Å². The molecule has 0 radical (unpaired) electrons. The molecule has 14 heteroatoms. The van der Waals surface area contributed by atoms with Crippen molar-refractivity contribution in [2.45, 2.75) is 417 Å². The summed E-state index contributed by atoms with van der Waals surface area (Å²) in [6, 6.07) is 14.7. The van der Waals surface area contributed by atoms with Crippen LogP contribution in [0.15, 0.2) is 78.5 Å².